The number of alkyl carbamates (subject to hydrolysis) is 1. The highest BCUT2D eigenvalue weighted by atomic mass is 16.6. The average Bonchev–Trinajstić information content (AvgIpc) is 2.91. The molecule has 1 aliphatic rings. The number of amides is 2. The Hall–Kier alpha value is -2.86. The Morgan fingerprint density at radius 2 is 1.62 bits per heavy atom. The first kappa shape index (κ1) is 16.0. The number of ether oxygens (including phenoxy) is 2. The lowest BCUT2D eigenvalue weighted by atomic mass is 9.98. The van der Waals surface area contributed by atoms with E-state index >= 15 is 0 Å². The summed E-state index contributed by atoms with van der Waals surface area (Å²) in [7, 11) is 1.28. The Bertz CT molecular complexity index is 730. The van der Waals surface area contributed by atoms with Crippen molar-refractivity contribution in [2.24, 2.45) is 5.73 Å². The highest BCUT2D eigenvalue weighted by Crippen LogP contribution is 2.44. The van der Waals surface area contributed by atoms with E-state index < -0.39 is 18.2 Å². The quantitative estimate of drug-likeness (QED) is 0.822. The van der Waals surface area contributed by atoms with E-state index in [0.29, 0.717) is 0 Å². The van der Waals surface area contributed by atoms with E-state index in [4.69, 9.17) is 15.2 Å². The summed E-state index contributed by atoms with van der Waals surface area (Å²) in [5, 5.41) is 2.28. The van der Waals surface area contributed by atoms with Crippen molar-refractivity contribution in [3.63, 3.8) is 0 Å². The highest BCUT2D eigenvalue weighted by Gasteiger charge is 2.29. The van der Waals surface area contributed by atoms with E-state index in [2.05, 4.69) is 17.4 Å². The molecule has 0 fully saturated rings. The first-order valence-electron chi connectivity index (χ1n) is 7.55. The number of carbonyl (C=O) groups is 2. The second-order valence-corrected chi connectivity index (χ2v) is 5.49. The van der Waals surface area contributed by atoms with Gasteiger partial charge in [0.1, 0.15) is 6.61 Å². The standard InChI is InChI=1S/C18H18N2O4/c1-23-17(16(19)21)20-18(22)24-10-15-13-8-4-2-6-11(13)12-7-3-5-9-14(12)15/h2-9,15,17H,10H2,1H3,(H2,19,21)(H,20,22). The predicted octanol–water partition coefficient (Wildman–Crippen LogP) is 1.98. The van der Waals surface area contributed by atoms with Crippen molar-refractivity contribution in [2.75, 3.05) is 13.7 Å². The van der Waals surface area contributed by atoms with Crippen LogP contribution in [0.25, 0.3) is 11.1 Å². The van der Waals surface area contributed by atoms with Crippen LogP contribution in [0.5, 0.6) is 0 Å². The van der Waals surface area contributed by atoms with Gasteiger partial charge in [-0.15, -0.1) is 0 Å². The number of hydrogen-bond donors (Lipinski definition) is 2. The lowest BCUT2D eigenvalue weighted by Crippen LogP contribution is -2.46. The number of methoxy groups -OCH3 is 1. The van der Waals surface area contributed by atoms with Crippen molar-refractivity contribution >= 4 is 12.0 Å². The van der Waals surface area contributed by atoms with Crippen LogP contribution in [0.3, 0.4) is 0 Å². The van der Waals surface area contributed by atoms with E-state index in [9.17, 15) is 9.59 Å². The van der Waals surface area contributed by atoms with Crippen LogP contribution >= 0.6 is 0 Å². The van der Waals surface area contributed by atoms with Gasteiger partial charge in [-0.3, -0.25) is 10.1 Å². The van der Waals surface area contributed by atoms with Gasteiger partial charge in [-0.2, -0.15) is 0 Å². The molecule has 1 atom stereocenters. The smallest absolute Gasteiger partial charge is 0.409 e. The van der Waals surface area contributed by atoms with Gasteiger partial charge in [0.25, 0.3) is 5.91 Å². The molecule has 1 unspecified atom stereocenters. The van der Waals surface area contributed by atoms with Gasteiger partial charge in [0.2, 0.25) is 6.23 Å². The fraction of sp³-hybridized carbons (Fsp3) is 0.222. The molecule has 6 heteroatoms. The van der Waals surface area contributed by atoms with Gasteiger partial charge in [-0.1, -0.05) is 48.5 Å². The maximum atomic E-state index is 11.9. The van der Waals surface area contributed by atoms with Crippen molar-refractivity contribution in [1.29, 1.82) is 0 Å². The molecule has 0 spiro atoms. The zero-order chi connectivity index (χ0) is 17.1. The van der Waals surface area contributed by atoms with E-state index in [1.165, 1.54) is 7.11 Å². The Morgan fingerprint density at radius 1 is 1.08 bits per heavy atom. The topological polar surface area (TPSA) is 90.7 Å². The molecule has 0 saturated heterocycles. The molecule has 3 rings (SSSR count). The van der Waals surface area contributed by atoms with Crippen LogP contribution in [-0.4, -0.2) is 31.9 Å². The van der Waals surface area contributed by atoms with Crippen LogP contribution < -0.4 is 11.1 Å². The Labute approximate surface area is 139 Å². The lowest BCUT2D eigenvalue weighted by Gasteiger charge is -2.17. The number of hydrogen-bond acceptors (Lipinski definition) is 4. The molecule has 24 heavy (non-hydrogen) atoms. The van der Waals surface area contributed by atoms with E-state index in [0.717, 1.165) is 22.3 Å². The third-order valence-electron chi connectivity index (χ3n) is 4.09. The molecule has 2 aromatic rings. The predicted molar refractivity (Wildman–Crippen MR) is 88.2 cm³/mol. The molecule has 0 aliphatic heterocycles. The van der Waals surface area contributed by atoms with Gasteiger partial charge in [0.05, 0.1) is 0 Å². The lowest BCUT2D eigenvalue weighted by molar-refractivity contribution is -0.129. The number of nitrogens with one attached hydrogen (secondary N) is 1. The van der Waals surface area contributed by atoms with Crippen LogP contribution in [0.2, 0.25) is 0 Å². The molecule has 124 valence electrons. The minimum Gasteiger partial charge on any atom is -0.448 e. The molecular formula is C18H18N2O4. The third-order valence-corrected chi connectivity index (χ3v) is 4.09. The molecule has 3 N–H and O–H groups in total. The van der Waals surface area contributed by atoms with Gasteiger partial charge >= 0.3 is 6.09 Å². The first-order chi connectivity index (χ1) is 11.6. The maximum Gasteiger partial charge on any atom is 0.409 e. The molecule has 2 amide bonds. The Kier molecular flexibility index (Phi) is 4.48. The number of benzene rings is 2. The van der Waals surface area contributed by atoms with Crippen LogP contribution in [0.15, 0.2) is 48.5 Å². The zero-order valence-corrected chi connectivity index (χ0v) is 13.2. The number of nitrogens with two attached hydrogens (primary N) is 1. The van der Waals surface area contributed by atoms with E-state index in [-0.39, 0.29) is 12.5 Å². The molecule has 0 bridgehead atoms. The van der Waals surface area contributed by atoms with Gasteiger partial charge in [0, 0.05) is 13.0 Å². The second-order valence-electron chi connectivity index (χ2n) is 5.49. The summed E-state index contributed by atoms with van der Waals surface area (Å²) in [5.74, 6) is -0.830. The molecule has 0 radical (unpaired) electrons. The summed E-state index contributed by atoms with van der Waals surface area (Å²) < 4.78 is 10.1. The number of carbonyl (C=O) groups excluding carboxylic acids is 2. The third kappa shape index (κ3) is 2.96. The number of rotatable bonds is 5. The average molecular weight is 326 g/mol. The molecular weight excluding hydrogens is 308 g/mol. The summed E-state index contributed by atoms with van der Waals surface area (Å²) in [6.45, 7) is 0.162. The van der Waals surface area contributed by atoms with Crippen LogP contribution in [0.4, 0.5) is 4.79 Å². The number of primary amides is 1. The summed E-state index contributed by atoms with van der Waals surface area (Å²) in [4.78, 5) is 23.0. The Morgan fingerprint density at radius 3 is 2.12 bits per heavy atom. The SMILES string of the molecule is COC(NC(=O)OCC1c2ccccc2-c2ccccc21)C(N)=O. The van der Waals surface area contributed by atoms with Crippen molar-refractivity contribution < 1.29 is 19.1 Å². The fourth-order valence-corrected chi connectivity index (χ4v) is 2.99. The zero-order valence-electron chi connectivity index (χ0n) is 13.2. The minimum absolute atomic E-state index is 0.0438. The highest BCUT2D eigenvalue weighted by molar-refractivity contribution is 5.83. The maximum absolute atomic E-state index is 11.9. The second kappa shape index (κ2) is 6.72. The van der Waals surface area contributed by atoms with Gasteiger partial charge in [-0.25, -0.2) is 4.79 Å². The molecule has 0 heterocycles. The molecule has 0 saturated carbocycles. The van der Waals surface area contributed by atoms with Crippen molar-refractivity contribution in [2.45, 2.75) is 12.1 Å². The largest absolute Gasteiger partial charge is 0.448 e. The van der Waals surface area contributed by atoms with Crippen LogP contribution in [-0.2, 0) is 14.3 Å². The van der Waals surface area contributed by atoms with Crippen LogP contribution in [0, 0.1) is 0 Å². The molecule has 1 aliphatic carbocycles. The van der Waals surface area contributed by atoms with Gasteiger partial charge < -0.3 is 15.2 Å². The first-order valence-corrected chi connectivity index (χ1v) is 7.55. The normalized spacial score (nSPS) is 13.7. The van der Waals surface area contributed by atoms with Gasteiger partial charge in [0.15, 0.2) is 0 Å². The summed E-state index contributed by atoms with van der Waals surface area (Å²) in [6.07, 6.45) is -1.96. The van der Waals surface area contributed by atoms with E-state index in [1.807, 2.05) is 36.4 Å². The van der Waals surface area contributed by atoms with Crippen molar-refractivity contribution in [3.8, 4) is 11.1 Å². The van der Waals surface area contributed by atoms with E-state index in [1.54, 1.807) is 0 Å². The molecule has 6 nitrogen and oxygen atoms in total. The minimum atomic E-state index is -1.21. The van der Waals surface area contributed by atoms with Gasteiger partial charge in [-0.05, 0) is 22.3 Å². The van der Waals surface area contributed by atoms with Crippen LogP contribution in [0.1, 0.15) is 17.0 Å². The summed E-state index contributed by atoms with van der Waals surface area (Å²) >= 11 is 0. The summed E-state index contributed by atoms with van der Waals surface area (Å²) in [6, 6.07) is 16.1. The fourth-order valence-electron chi connectivity index (χ4n) is 2.99. The molecule has 0 aromatic heterocycles. The Balaban J connectivity index is 1.74. The monoisotopic (exact) mass is 326 g/mol. The van der Waals surface area contributed by atoms with Crippen molar-refractivity contribution in [3.05, 3.63) is 59.7 Å². The number of fused-ring (bicyclic) bond motifs is 3. The molecule has 2 aromatic carbocycles. The summed E-state index contributed by atoms with van der Waals surface area (Å²) in [5.41, 5.74) is 9.63. The van der Waals surface area contributed by atoms with Crippen molar-refractivity contribution in [1.82, 2.24) is 5.32 Å².